The van der Waals surface area contributed by atoms with Gasteiger partial charge in [0.1, 0.15) is 11.6 Å². The van der Waals surface area contributed by atoms with Crippen LogP contribution in [-0.2, 0) is 0 Å². The van der Waals surface area contributed by atoms with Gasteiger partial charge in [-0.1, -0.05) is 30.3 Å². The van der Waals surface area contributed by atoms with Crippen LogP contribution in [0.4, 0.5) is 16.3 Å². The smallest absolute Gasteiger partial charge is 0.324 e. The zero-order valence-corrected chi connectivity index (χ0v) is 14.1. The minimum atomic E-state index is -0.353. The first kappa shape index (κ1) is 16.5. The molecule has 3 rings (SSSR count). The highest BCUT2D eigenvalue weighted by Crippen LogP contribution is 2.23. The Kier molecular flexibility index (Phi) is 4.66. The van der Waals surface area contributed by atoms with Gasteiger partial charge in [-0.15, -0.1) is 0 Å². The lowest BCUT2D eigenvalue weighted by molar-refractivity contribution is 0.262. The molecule has 1 aromatic heterocycles. The van der Waals surface area contributed by atoms with Gasteiger partial charge in [0.25, 0.3) is 0 Å². The number of aromatic hydroxyl groups is 1. The summed E-state index contributed by atoms with van der Waals surface area (Å²) in [5.41, 5.74) is 4.27. The van der Waals surface area contributed by atoms with Crippen LogP contribution in [0.3, 0.4) is 0 Å². The highest BCUT2D eigenvalue weighted by Gasteiger charge is 2.07. The fourth-order valence-corrected chi connectivity index (χ4v) is 2.47. The van der Waals surface area contributed by atoms with Crippen LogP contribution >= 0.6 is 0 Å². The SMILES string of the molecule is Cc1ccc(C)c(NC(=O)Nc2cccc(-c3cccc(O)c3)n2)c1. The van der Waals surface area contributed by atoms with Gasteiger partial charge in [-0.05, 0) is 55.3 Å². The van der Waals surface area contributed by atoms with Gasteiger partial charge in [-0.25, -0.2) is 9.78 Å². The highest BCUT2D eigenvalue weighted by atomic mass is 16.3. The zero-order valence-electron chi connectivity index (χ0n) is 14.1. The van der Waals surface area contributed by atoms with E-state index in [-0.39, 0.29) is 11.8 Å². The van der Waals surface area contributed by atoms with Crippen molar-refractivity contribution in [1.29, 1.82) is 0 Å². The molecule has 1 heterocycles. The molecule has 25 heavy (non-hydrogen) atoms. The molecule has 126 valence electrons. The van der Waals surface area contributed by atoms with E-state index in [0.29, 0.717) is 11.5 Å². The summed E-state index contributed by atoms with van der Waals surface area (Å²) in [6, 6.07) is 17.7. The first-order valence-corrected chi connectivity index (χ1v) is 7.93. The second-order valence-corrected chi connectivity index (χ2v) is 5.86. The van der Waals surface area contributed by atoms with Crippen molar-refractivity contribution in [3.63, 3.8) is 0 Å². The molecule has 5 nitrogen and oxygen atoms in total. The van der Waals surface area contributed by atoms with Crippen molar-refractivity contribution in [2.45, 2.75) is 13.8 Å². The summed E-state index contributed by atoms with van der Waals surface area (Å²) in [6.45, 7) is 3.92. The number of aryl methyl sites for hydroxylation is 2. The van der Waals surface area contributed by atoms with Crippen molar-refractivity contribution in [3.05, 3.63) is 71.8 Å². The number of rotatable bonds is 3. The van der Waals surface area contributed by atoms with E-state index in [1.54, 1.807) is 30.3 Å². The molecule has 0 bridgehead atoms. The van der Waals surface area contributed by atoms with Gasteiger partial charge in [-0.2, -0.15) is 0 Å². The average molecular weight is 333 g/mol. The molecule has 0 saturated heterocycles. The number of hydrogen-bond acceptors (Lipinski definition) is 3. The minimum Gasteiger partial charge on any atom is -0.508 e. The predicted octanol–water partition coefficient (Wildman–Crippen LogP) is 4.72. The normalized spacial score (nSPS) is 10.3. The van der Waals surface area contributed by atoms with Crippen LogP contribution < -0.4 is 10.6 Å². The van der Waals surface area contributed by atoms with Crippen molar-refractivity contribution in [1.82, 2.24) is 4.98 Å². The lowest BCUT2D eigenvalue weighted by Gasteiger charge is -2.11. The number of hydrogen-bond donors (Lipinski definition) is 3. The van der Waals surface area contributed by atoms with E-state index in [1.165, 1.54) is 0 Å². The molecule has 0 atom stereocenters. The monoisotopic (exact) mass is 333 g/mol. The van der Waals surface area contributed by atoms with Gasteiger partial charge in [0.05, 0.1) is 5.69 Å². The number of carbonyl (C=O) groups excluding carboxylic acids is 1. The Hall–Kier alpha value is -3.34. The maximum absolute atomic E-state index is 12.2. The lowest BCUT2D eigenvalue weighted by Crippen LogP contribution is -2.20. The molecule has 0 unspecified atom stereocenters. The van der Waals surface area contributed by atoms with Gasteiger partial charge in [0.2, 0.25) is 0 Å². The zero-order chi connectivity index (χ0) is 17.8. The molecule has 0 aliphatic carbocycles. The molecule has 2 aromatic carbocycles. The molecule has 3 N–H and O–H groups in total. The van der Waals surface area contributed by atoms with Crippen LogP contribution in [0.15, 0.2) is 60.7 Å². The van der Waals surface area contributed by atoms with Crippen LogP contribution in [0.2, 0.25) is 0 Å². The second-order valence-electron chi connectivity index (χ2n) is 5.86. The number of anilines is 2. The summed E-state index contributed by atoms with van der Waals surface area (Å²) in [5, 5.41) is 15.2. The Labute approximate surface area is 146 Å². The van der Waals surface area contributed by atoms with Crippen LogP contribution in [0.1, 0.15) is 11.1 Å². The molecule has 0 aliphatic rings. The maximum atomic E-state index is 12.2. The number of nitrogens with one attached hydrogen (secondary N) is 2. The Morgan fingerprint density at radius 1 is 0.960 bits per heavy atom. The lowest BCUT2D eigenvalue weighted by atomic mass is 10.1. The average Bonchev–Trinajstić information content (AvgIpc) is 2.58. The van der Waals surface area contributed by atoms with Gasteiger partial charge in [0, 0.05) is 11.3 Å². The predicted molar refractivity (Wildman–Crippen MR) is 99.9 cm³/mol. The summed E-state index contributed by atoms with van der Waals surface area (Å²) >= 11 is 0. The number of nitrogens with zero attached hydrogens (tertiary/aromatic N) is 1. The van der Waals surface area contributed by atoms with Crippen LogP contribution in [0.5, 0.6) is 5.75 Å². The molecule has 0 spiro atoms. The second kappa shape index (κ2) is 7.05. The molecule has 0 aliphatic heterocycles. The summed E-state index contributed by atoms with van der Waals surface area (Å²) in [4.78, 5) is 16.7. The molecule has 0 radical (unpaired) electrons. The largest absolute Gasteiger partial charge is 0.508 e. The number of pyridine rings is 1. The van der Waals surface area contributed by atoms with Crippen molar-refractivity contribution in [3.8, 4) is 17.0 Å². The van der Waals surface area contributed by atoms with Gasteiger partial charge in [-0.3, -0.25) is 5.32 Å². The molecular weight excluding hydrogens is 314 g/mol. The Morgan fingerprint density at radius 2 is 1.76 bits per heavy atom. The highest BCUT2D eigenvalue weighted by molar-refractivity contribution is 5.99. The number of phenols is 1. The third-order valence-electron chi connectivity index (χ3n) is 3.77. The van der Waals surface area contributed by atoms with E-state index in [2.05, 4.69) is 15.6 Å². The summed E-state index contributed by atoms with van der Waals surface area (Å²) in [7, 11) is 0. The Morgan fingerprint density at radius 3 is 2.56 bits per heavy atom. The number of urea groups is 1. The van der Waals surface area contributed by atoms with Crippen LogP contribution in [0, 0.1) is 13.8 Å². The van der Waals surface area contributed by atoms with Gasteiger partial charge in [0.15, 0.2) is 0 Å². The Balaban J connectivity index is 1.76. The number of amides is 2. The van der Waals surface area contributed by atoms with E-state index in [1.807, 2.05) is 44.2 Å². The van der Waals surface area contributed by atoms with E-state index in [0.717, 1.165) is 22.4 Å². The molecule has 3 aromatic rings. The van der Waals surface area contributed by atoms with Crippen molar-refractivity contribution < 1.29 is 9.90 Å². The van der Waals surface area contributed by atoms with E-state index in [4.69, 9.17) is 0 Å². The third-order valence-corrected chi connectivity index (χ3v) is 3.77. The molecule has 0 fully saturated rings. The van der Waals surface area contributed by atoms with Gasteiger partial charge >= 0.3 is 6.03 Å². The summed E-state index contributed by atoms with van der Waals surface area (Å²) < 4.78 is 0. The standard InChI is InChI=1S/C20H19N3O2/c1-13-9-10-14(2)18(11-13)22-20(25)23-19-8-4-7-17(21-19)15-5-3-6-16(24)12-15/h3-12,24H,1-2H3,(H2,21,22,23,25). The molecule has 5 heteroatoms. The molecular formula is C20H19N3O2. The Bertz CT molecular complexity index is 922. The fourth-order valence-electron chi connectivity index (χ4n) is 2.47. The molecule has 0 saturated carbocycles. The topological polar surface area (TPSA) is 74.2 Å². The fraction of sp³-hybridized carbons (Fsp3) is 0.100. The number of phenolic OH excluding ortho intramolecular Hbond substituents is 1. The molecule has 2 amide bonds. The van der Waals surface area contributed by atoms with Crippen molar-refractivity contribution >= 4 is 17.5 Å². The summed E-state index contributed by atoms with van der Waals surface area (Å²) in [5.74, 6) is 0.606. The first-order chi connectivity index (χ1) is 12.0. The number of carbonyl (C=O) groups is 1. The van der Waals surface area contributed by atoms with E-state index in [9.17, 15) is 9.90 Å². The van der Waals surface area contributed by atoms with E-state index < -0.39 is 0 Å². The van der Waals surface area contributed by atoms with Crippen molar-refractivity contribution in [2.24, 2.45) is 0 Å². The number of aromatic nitrogens is 1. The van der Waals surface area contributed by atoms with Crippen molar-refractivity contribution in [2.75, 3.05) is 10.6 Å². The van der Waals surface area contributed by atoms with Crippen LogP contribution in [-0.4, -0.2) is 16.1 Å². The first-order valence-electron chi connectivity index (χ1n) is 7.93. The maximum Gasteiger partial charge on any atom is 0.324 e. The summed E-state index contributed by atoms with van der Waals surface area (Å²) in [6.07, 6.45) is 0. The quantitative estimate of drug-likeness (QED) is 0.649. The number of benzene rings is 2. The van der Waals surface area contributed by atoms with E-state index >= 15 is 0 Å². The van der Waals surface area contributed by atoms with Gasteiger partial charge < -0.3 is 10.4 Å². The minimum absolute atomic E-state index is 0.172. The van der Waals surface area contributed by atoms with Crippen LogP contribution in [0.25, 0.3) is 11.3 Å². The third kappa shape index (κ3) is 4.14.